The minimum atomic E-state index is 0.0532. The van der Waals surface area contributed by atoms with Gasteiger partial charge in [-0.05, 0) is 25.3 Å². The summed E-state index contributed by atoms with van der Waals surface area (Å²) in [6.45, 7) is 0. The maximum atomic E-state index is 5.53. The molecular formula is C8H12O2. The first kappa shape index (κ1) is 6.23. The summed E-state index contributed by atoms with van der Waals surface area (Å²) < 4.78 is 10.8. The summed E-state index contributed by atoms with van der Waals surface area (Å²) in [7, 11) is 0. The van der Waals surface area contributed by atoms with E-state index in [2.05, 4.69) is 0 Å². The van der Waals surface area contributed by atoms with Crippen molar-refractivity contribution in [3.63, 3.8) is 0 Å². The summed E-state index contributed by atoms with van der Waals surface area (Å²) in [5.41, 5.74) is 0. The molecule has 1 heterocycles. The van der Waals surface area contributed by atoms with Crippen molar-refractivity contribution in [2.75, 3.05) is 0 Å². The van der Waals surface area contributed by atoms with E-state index in [1.54, 1.807) is 6.26 Å². The molecular weight excluding hydrogens is 128 g/mol. The highest BCUT2D eigenvalue weighted by atomic mass is 16.7. The quantitative estimate of drug-likeness (QED) is 0.582. The molecule has 1 aliphatic heterocycles. The molecule has 1 unspecified atom stereocenters. The Bertz CT molecular complexity index is 138. The van der Waals surface area contributed by atoms with Crippen LogP contribution >= 0.6 is 0 Å². The van der Waals surface area contributed by atoms with Gasteiger partial charge in [-0.25, -0.2) is 0 Å². The zero-order valence-electron chi connectivity index (χ0n) is 5.95. The number of ether oxygens (including phenoxy) is 2. The van der Waals surface area contributed by atoms with E-state index in [4.69, 9.17) is 9.47 Å². The van der Waals surface area contributed by atoms with Gasteiger partial charge in [0.25, 0.3) is 0 Å². The highest BCUT2D eigenvalue weighted by Gasteiger charge is 2.26. The van der Waals surface area contributed by atoms with Crippen molar-refractivity contribution < 1.29 is 9.47 Å². The fourth-order valence-corrected chi connectivity index (χ4v) is 1.03. The average Bonchev–Trinajstić information content (AvgIpc) is 2.74. The zero-order valence-corrected chi connectivity index (χ0v) is 5.95. The molecule has 0 saturated heterocycles. The highest BCUT2D eigenvalue weighted by molar-refractivity contribution is 4.81. The first-order valence-electron chi connectivity index (χ1n) is 3.91. The number of allylic oxidation sites excluding steroid dienone is 1. The number of hydrogen-bond donors (Lipinski definition) is 0. The third-order valence-corrected chi connectivity index (χ3v) is 1.76. The Morgan fingerprint density at radius 2 is 2.20 bits per heavy atom. The Labute approximate surface area is 60.8 Å². The molecule has 2 aliphatic rings. The second-order valence-corrected chi connectivity index (χ2v) is 2.85. The molecule has 0 spiro atoms. The van der Waals surface area contributed by atoms with Gasteiger partial charge in [-0.2, -0.15) is 0 Å². The zero-order chi connectivity index (χ0) is 6.81. The van der Waals surface area contributed by atoms with E-state index >= 15 is 0 Å². The topological polar surface area (TPSA) is 18.5 Å². The van der Waals surface area contributed by atoms with Gasteiger partial charge >= 0.3 is 0 Å². The van der Waals surface area contributed by atoms with E-state index in [-0.39, 0.29) is 6.29 Å². The summed E-state index contributed by atoms with van der Waals surface area (Å²) in [6, 6.07) is 0. The molecule has 0 aromatic heterocycles. The molecule has 1 aliphatic carbocycles. The van der Waals surface area contributed by atoms with E-state index < -0.39 is 0 Å². The molecule has 0 N–H and O–H groups in total. The van der Waals surface area contributed by atoms with Gasteiger partial charge < -0.3 is 9.47 Å². The third kappa shape index (κ3) is 1.51. The SMILES string of the molecule is C1=COC(OC2CC2)CC1. The Hall–Kier alpha value is -0.500. The maximum Gasteiger partial charge on any atom is 0.199 e. The second-order valence-electron chi connectivity index (χ2n) is 2.85. The molecule has 0 bridgehead atoms. The van der Waals surface area contributed by atoms with Gasteiger partial charge in [-0.15, -0.1) is 0 Å². The fraction of sp³-hybridized carbons (Fsp3) is 0.750. The number of rotatable bonds is 2. The highest BCUT2D eigenvalue weighted by Crippen LogP contribution is 2.27. The van der Waals surface area contributed by atoms with E-state index in [9.17, 15) is 0 Å². The van der Waals surface area contributed by atoms with Crippen LogP contribution in [-0.4, -0.2) is 12.4 Å². The Morgan fingerprint density at radius 1 is 1.30 bits per heavy atom. The molecule has 0 radical (unpaired) electrons. The van der Waals surface area contributed by atoms with Gasteiger partial charge in [0.2, 0.25) is 0 Å². The first-order valence-corrected chi connectivity index (χ1v) is 3.91. The van der Waals surface area contributed by atoms with Crippen molar-refractivity contribution in [3.05, 3.63) is 12.3 Å². The minimum absolute atomic E-state index is 0.0532. The van der Waals surface area contributed by atoms with Crippen LogP contribution in [-0.2, 0) is 9.47 Å². The molecule has 2 rings (SSSR count). The Morgan fingerprint density at radius 3 is 2.80 bits per heavy atom. The smallest absolute Gasteiger partial charge is 0.199 e. The molecule has 2 nitrogen and oxygen atoms in total. The van der Waals surface area contributed by atoms with Crippen LogP contribution in [0, 0.1) is 0 Å². The van der Waals surface area contributed by atoms with Crippen LogP contribution in [0.2, 0.25) is 0 Å². The van der Waals surface area contributed by atoms with Crippen LogP contribution < -0.4 is 0 Å². The van der Waals surface area contributed by atoms with Crippen molar-refractivity contribution >= 4 is 0 Å². The first-order chi connectivity index (χ1) is 4.95. The van der Waals surface area contributed by atoms with Gasteiger partial charge in [0.1, 0.15) is 0 Å². The summed E-state index contributed by atoms with van der Waals surface area (Å²) in [6.07, 6.45) is 8.91. The normalized spacial score (nSPS) is 31.8. The van der Waals surface area contributed by atoms with Gasteiger partial charge in [-0.3, -0.25) is 0 Å². The van der Waals surface area contributed by atoms with Gasteiger partial charge in [0, 0.05) is 6.42 Å². The monoisotopic (exact) mass is 140 g/mol. The Balaban J connectivity index is 1.75. The van der Waals surface area contributed by atoms with Crippen molar-refractivity contribution in [1.82, 2.24) is 0 Å². The summed E-state index contributed by atoms with van der Waals surface area (Å²) in [5.74, 6) is 0. The van der Waals surface area contributed by atoms with E-state index in [1.165, 1.54) is 12.8 Å². The van der Waals surface area contributed by atoms with Crippen LogP contribution in [0.1, 0.15) is 25.7 Å². The summed E-state index contributed by atoms with van der Waals surface area (Å²) in [4.78, 5) is 0. The lowest BCUT2D eigenvalue weighted by Crippen LogP contribution is -2.17. The van der Waals surface area contributed by atoms with Crippen molar-refractivity contribution in [1.29, 1.82) is 0 Å². The third-order valence-electron chi connectivity index (χ3n) is 1.76. The summed E-state index contributed by atoms with van der Waals surface area (Å²) in [5, 5.41) is 0. The van der Waals surface area contributed by atoms with Gasteiger partial charge in [0.15, 0.2) is 6.29 Å². The molecule has 1 atom stereocenters. The van der Waals surface area contributed by atoms with Gasteiger partial charge in [0.05, 0.1) is 12.4 Å². The second kappa shape index (κ2) is 2.62. The van der Waals surface area contributed by atoms with E-state index in [1.807, 2.05) is 6.08 Å². The van der Waals surface area contributed by atoms with Crippen LogP contribution in [0.4, 0.5) is 0 Å². The van der Waals surface area contributed by atoms with Crippen molar-refractivity contribution in [2.24, 2.45) is 0 Å². The predicted molar refractivity (Wildman–Crippen MR) is 37.4 cm³/mol. The Kier molecular flexibility index (Phi) is 1.63. The molecule has 1 saturated carbocycles. The summed E-state index contributed by atoms with van der Waals surface area (Å²) >= 11 is 0. The standard InChI is InChI=1S/C8H12O2/c1-2-6-9-8(3-1)10-7-4-5-7/h2,6-8H,1,3-5H2. The average molecular weight is 140 g/mol. The number of hydrogen-bond acceptors (Lipinski definition) is 2. The molecule has 10 heavy (non-hydrogen) atoms. The minimum Gasteiger partial charge on any atom is -0.473 e. The molecule has 0 aromatic rings. The predicted octanol–water partition coefficient (Wildman–Crippen LogP) is 1.82. The lowest BCUT2D eigenvalue weighted by atomic mass is 10.3. The molecule has 0 aromatic carbocycles. The molecule has 0 amide bonds. The lowest BCUT2D eigenvalue weighted by Gasteiger charge is -2.18. The van der Waals surface area contributed by atoms with E-state index in [0.717, 1.165) is 12.8 Å². The van der Waals surface area contributed by atoms with Crippen molar-refractivity contribution in [2.45, 2.75) is 38.1 Å². The lowest BCUT2D eigenvalue weighted by molar-refractivity contribution is -0.123. The van der Waals surface area contributed by atoms with Crippen LogP contribution in [0.5, 0.6) is 0 Å². The fourth-order valence-electron chi connectivity index (χ4n) is 1.03. The molecule has 56 valence electrons. The molecule has 2 heteroatoms. The van der Waals surface area contributed by atoms with Gasteiger partial charge in [-0.1, -0.05) is 0 Å². The van der Waals surface area contributed by atoms with Crippen LogP contribution in [0.15, 0.2) is 12.3 Å². The molecule has 1 fully saturated rings. The maximum absolute atomic E-state index is 5.53. The van der Waals surface area contributed by atoms with Crippen LogP contribution in [0.3, 0.4) is 0 Å². The largest absolute Gasteiger partial charge is 0.473 e. The van der Waals surface area contributed by atoms with Crippen molar-refractivity contribution in [3.8, 4) is 0 Å². The van der Waals surface area contributed by atoms with E-state index in [0.29, 0.717) is 6.10 Å². The van der Waals surface area contributed by atoms with Crippen LogP contribution in [0.25, 0.3) is 0 Å².